The molecule has 130 valence electrons. The van der Waals surface area contributed by atoms with E-state index in [2.05, 4.69) is 28.2 Å². The van der Waals surface area contributed by atoms with E-state index in [1.807, 2.05) is 12.1 Å². The molecule has 5 heteroatoms. The average Bonchev–Trinajstić information content (AvgIpc) is 3.27. The quantitative estimate of drug-likeness (QED) is 0.902. The number of nitrogens with zero attached hydrogens (tertiary/aromatic N) is 2. The van der Waals surface area contributed by atoms with Crippen LogP contribution < -0.4 is 15.0 Å². The van der Waals surface area contributed by atoms with Crippen LogP contribution in [-0.4, -0.2) is 49.6 Å². The second kappa shape index (κ2) is 6.54. The van der Waals surface area contributed by atoms with Crippen molar-refractivity contribution in [2.24, 2.45) is 0 Å². The van der Waals surface area contributed by atoms with E-state index < -0.39 is 0 Å². The molecule has 1 amide bonds. The van der Waals surface area contributed by atoms with Gasteiger partial charge in [-0.15, -0.1) is 0 Å². The van der Waals surface area contributed by atoms with Crippen LogP contribution in [0, 0.1) is 0 Å². The monoisotopic (exact) mass is 329 g/mol. The number of fused-ring (bicyclic) bond motifs is 1. The van der Waals surface area contributed by atoms with Crippen LogP contribution in [0.2, 0.25) is 0 Å². The number of para-hydroxylation sites is 1. The number of anilines is 2. The van der Waals surface area contributed by atoms with E-state index in [0.29, 0.717) is 25.2 Å². The summed E-state index contributed by atoms with van der Waals surface area (Å²) in [6.45, 7) is 1.94. The Labute approximate surface area is 144 Å². The second-order valence-electron chi connectivity index (χ2n) is 7.25. The number of carbonyl (C=O) groups is 1. The Hall–Kier alpha value is -1.91. The van der Waals surface area contributed by atoms with Gasteiger partial charge in [0.1, 0.15) is 6.61 Å². The van der Waals surface area contributed by atoms with E-state index >= 15 is 0 Å². The lowest BCUT2D eigenvalue weighted by atomic mass is 10.2. The smallest absolute Gasteiger partial charge is 0.242 e. The Bertz CT molecular complexity index is 609. The van der Waals surface area contributed by atoms with Crippen LogP contribution in [0.1, 0.15) is 38.5 Å². The van der Waals surface area contributed by atoms with Gasteiger partial charge in [0.05, 0.1) is 24.5 Å². The van der Waals surface area contributed by atoms with Gasteiger partial charge in [0.15, 0.2) is 5.75 Å². The van der Waals surface area contributed by atoms with Crippen LogP contribution in [0.5, 0.6) is 5.75 Å². The van der Waals surface area contributed by atoms with E-state index in [1.54, 1.807) is 0 Å². The van der Waals surface area contributed by atoms with Crippen molar-refractivity contribution >= 4 is 17.3 Å². The molecule has 0 spiro atoms. The summed E-state index contributed by atoms with van der Waals surface area (Å²) in [7, 11) is 2.07. The molecule has 0 radical (unpaired) electrons. The fraction of sp³-hybridized carbons (Fsp3) is 0.632. The van der Waals surface area contributed by atoms with Crippen molar-refractivity contribution in [1.29, 1.82) is 0 Å². The molecule has 2 fully saturated rings. The normalized spacial score (nSPS) is 20.5. The fourth-order valence-corrected chi connectivity index (χ4v) is 4.02. The number of rotatable bonds is 5. The van der Waals surface area contributed by atoms with Crippen LogP contribution in [0.25, 0.3) is 0 Å². The third-order valence-electron chi connectivity index (χ3n) is 5.45. The van der Waals surface area contributed by atoms with Gasteiger partial charge in [0.25, 0.3) is 0 Å². The highest BCUT2D eigenvalue weighted by molar-refractivity contribution is 5.83. The zero-order valence-corrected chi connectivity index (χ0v) is 14.5. The molecule has 5 nitrogen and oxygen atoms in total. The number of hydrogen-bond donors (Lipinski definition) is 1. The Morgan fingerprint density at radius 1 is 1.25 bits per heavy atom. The van der Waals surface area contributed by atoms with Gasteiger partial charge in [-0.1, -0.05) is 18.9 Å². The first kappa shape index (κ1) is 15.6. The van der Waals surface area contributed by atoms with Crippen LogP contribution in [0.3, 0.4) is 0 Å². The minimum atomic E-state index is 0.242. The molecule has 0 atom stereocenters. The maximum Gasteiger partial charge on any atom is 0.242 e. The molecule has 0 saturated heterocycles. The van der Waals surface area contributed by atoms with E-state index in [1.165, 1.54) is 38.5 Å². The highest BCUT2D eigenvalue weighted by Gasteiger charge is 2.38. The summed E-state index contributed by atoms with van der Waals surface area (Å²) in [6, 6.07) is 7.05. The van der Waals surface area contributed by atoms with Gasteiger partial charge < -0.3 is 19.9 Å². The highest BCUT2D eigenvalue weighted by Crippen LogP contribution is 2.38. The average molecular weight is 329 g/mol. The zero-order chi connectivity index (χ0) is 16.5. The maximum absolute atomic E-state index is 12.8. The molecule has 2 aliphatic carbocycles. The molecule has 0 aromatic heterocycles. The first-order valence-corrected chi connectivity index (χ1v) is 9.26. The minimum absolute atomic E-state index is 0.242. The predicted octanol–water partition coefficient (Wildman–Crippen LogP) is 2.86. The van der Waals surface area contributed by atoms with E-state index in [4.69, 9.17) is 4.74 Å². The van der Waals surface area contributed by atoms with Gasteiger partial charge in [-0.05, 0) is 37.8 Å². The molecule has 1 heterocycles. The van der Waals surface area contributed by atoms with Crippen molar-refractivity contribution in [1.82, 2.24) is 4.90 Å². The molecule has 0 unspecified atom stereocenters. The summed E-state index contributed by atoms with van der Waals surface area (Å²) in [5.41, 5.74) is 2.02. The van der Waals surface area contributed by atoms with Crippen molar-refractivity contribution in [3.05, 3.63) is 18.2 Å². The SMILES string of the molecule is CN1CCOc2c(NCC(=O)N(C3CCCC3)C3CC3)cccc21. The van der Waals surface area contributed by atoms with Gasteiger partial charge >= 0.3 is 0 Å². The molecule has 1 aliphatic heterocycles. The molecule has 3 aliphatic rings. The fourth-order valence-electron chi connectivity index (χ4n) is 4.02. The number of amides is 1. The molecule has 0 bridgehead atoms. The van der Waals surface area contributed by atoms with E-state index in [0.717, 1.165) is 23.7 Å². The number of ether oxygens (including phenoxy) is 1. The molecule has 1 aromatic carbocycles. The second-order valence-corrected chi connectivity index (χ2v) is 7.25. The van der Waals surface area contributed by atoms with Crippen molar-refractivity contribution < 1.29 is 9.53 Å². The number of carbonyl (C=O) groups excluding carboxylic acids is 1. The van der Waals surface area contributed by atoms with Crippen molar-refractivity contribution in [2.75, 3.05) is 37.0 Å². The van der Waals surface area contributed by atoms with Crippen LogP contribution in [0.15, 0.2) is 18.2 Å². The van der Waals surface area contributed by atoms with E-state index in [9.17, 15) is 4.79 Å². The minimum Gasteiger partial charge on any atom is -0.487 e. The molecule has 24 heavy (non-hydrogen) atoms. The van der Waals surface area contributed by atoms with Gasteiger partial charge in [0.2, 0.25) is 5.91 Å². The predicted molar refractivity (Wildman–Crippen MR) is 95.8 cm³/mol. The summed E-state index contributed by atoms with van der Waals surface area (Å²) in [6.07, 6.45) is 7.24. The van der Waals surface area contributed by atoms with Gasteiger partial charge in [-0.3, -0.25) is 4.79 Å². The Balaban J connectivity index is 1.44. The lowest BCUT2D eigenvalue weighted by Gasteiger charge is -2.31. The summed E-state index contributed by atoms with van der Waals surface area (Å²) in [5, 5.41) is 3.34. The Morgan fingerprint density at radius 2 is 2.00 bits per heavy atom. The van der Waals surface area contributed by atoms with E-state index in [-0.39, 0.29) is 5.91 Å². The summed E-state index contributed by atoms with van der Waals surface area (Å²) in [5.74, 6) is 1.11. The number of likely N-dealkylation sites (N-methyl/N-ethyl adjacent to an activating group) is 1. The van der Waals surface area contributed by atoms with Crippen LogP contribution in [-0.2, 0) is 4.79 Å². The lowest BCUT2D eigenvalue weighted by Crippen LogP contribution is -2.43. The molecular weight excluding hydrogens is 302 g/mol. The summed E-state index contributed by atoms with van der Waals surface area (Å²) in [4.78, 5) is 17.2. The molecule has 1 N–H and O–H groups in total. The highest BCUT2D eigenvalue weighted by atomic mass is 16.5. The molecular formula is C19H27N3O2. The number of hydrogen-bond acceptors (Lipinski definition) is 4. The Morgan fingerprint density at radius 3 is 2.75 bits per heavy atom. The first-order valence-electron chi connectivity index (χ1n) is 9.26. The number of nitrogens with one attached hydrogen (secondary N) is 1. The largest absolute Gasteiger partial charge is 0.487 e. The lowest BCUT2D eigenvalue weighted by molar-refractivity contribution is -0.132. The zero-order valence-electron chi connectivity index (χ0n) is 14.5. The van der Waals surface area contributed by atoms with Crippen LogP contribution >= 0.6 is 0 Å². The summed E-state index contributed by atoms with van der Waals surface area (Å²) >= 11 is 0. The van der Waals surface area contributed by atoms with Crippen molar-refractivity contribution in [3.63, 3.8) is 0 Å². The molecule has 4 rings (SSSR count). The third-order valence-corrected chi connectivity index (χ3v) is 5.45. The topological polar surface area (TPSA) is 44.8 Å². The van der Waals surface area contributed by atoms with Gasteiger partial charge in [0, 0.05) is 19.1 Å². The Kier molecular flexibility index (Phi) is 4.25. The maximum atomic E-state index is 12.8. The van der Waals surface area contributed by atoms with Crippen molar-refractivity contribution in [3.8, 4) is 5.75 Å². The summed E-state index contributed by atoms with van der Waals surface area (Å²) < 4.78 is 5.85. The molecule has 1 aromatic rings. The van der Waals surface area contributed by atoms with Crippen LogP contribution in [0.4, 0.5) is 11.4 Å². The standard InChI is InChI=1S/C19H27N3O2/c1-21-11-12-24-19-16(7-4-8-17(19)21)20-13-18(23)22(15-9-10-15)14-5-2-3-6-14/h4,7-8,14-15,20H,2-3,5-6,9-13H2,1H3. The van der Waals surface area contributed by atoms with Gasteiger partial charge in [-0.25, -0.2) is 0 Å². The third kappa shape index (κ3) is 3.04. The molecule has 2 saturated carbocycles. The number of benzene rings is 1. The van der Waals surface area contributed by atoms with Gasteiger partial charge in [-0.2, -0.15) is 0 Å². The van der Waals surface area contributed by atoms with Crippen molar-refractivity contribution in [2.45, 2.75) is 50.6 Å². The first-order chi connectivity index (χ1) is 11.7.